The lowest BCUT2D eigenvalue weighted by Crippen LogP contribution is -2.42. The van der Waals surface area contributed by atoms with E-state index < -0.39 is 11.9 Å². The number of piperidine rings is 1. The van der Waals surface area contributed by atoms with Crippen LogP contribution in [0.4, 0.5) is 17.6 Å². The van der Waals surface area contributed by atoms with Crippen molar-refractivity contribution in [1.82, 2.24) is 19.9 Å². The minimum absolute atomic E-state index is 0.0227. The number of para-hydroxylation sites is 1. The number of likely N-dealkylation sites (tertiary alicyclic amines) is 1. The Morgan fingerprint density at radius 1 is 1.15 bits per heavy atom. The third-order valence-corrected chi connectivity index (χ3v) is 5.82. The zero-order valence-corrected chi connectivity index (χ0v) is 19.5. The Kier molecular flexibility index (Phi) is 7.22. The van der Waals surface area contributed by atoms with Crippen molar-refractivity contribution in [2.45, 2.75) is 26.4 Å². The number of esters is 1. The number of aryl methyl sites for hydroxylation is 1. The largest absolute Gasteiger partial charge is 0.457 e. The van der Waals surface area contributed by atoms with Gasteiger partial charge in [-0.3, -0.25) is 9.59 Å². The number of aromatic nitrogens is 3. The van der Waals surface area contributed by atoms with Gasteiger partial charge < -0.3 is 20.7 Å². The number of nitrogens with one attached hydrogen (secondary N) is 1. The number of hydrogen-bond acceptors (Lipinski definition) is 8. The average molecular weight is 481 g/mol. The summed E-state index contributed by atoms with van der Waals surface area (Å²) < 4.78 is 5.47. The van der Waals surface area contributed by atoms with Gasteiger partial charge in [0, 0.05) is 29.4 Å². The third kappa shape index (κ3) is 5.79. The van der Waals surface area contributed by atoms with Crippen molar-refractivity contribution in [2.24, 2.45) is 5.92 Å². The lowest BCUT2D eigenvalue weighted by atomic mass is 9.97. The molecule has 0 bridgehead atoms. The monoisotopic (exact) mass is 480 g/mol. The number of halogens is 1. The fraction of sp³-hybridized carbons (Fsp3) is 0.292. The quantitative estimate of drug-likeness (QED) is 0.511. The van der Waals surface area contributed by atoms with Gasteiger partial charge in [0.25, 0.3) is 5.91 Å². The van der Waals surface area contributed by atoms with Crippen LogP contribution in [0.2, 0.25) is 5.02 Å². The van der Waals surface area contributed by atoms with Crippen molar-refractivity contribution < 1.29 is 14.3 Å². The number of hydrogen-bond donors (Lipinski definition) is 2. The molecular weight excluding hydrogens is 456 g/mol. The Balaban J connectivity index is 1.36. The second-order valence-electron chi connectivity index (χ2n) is 8.08. The first-order valence-corrected chi connectivity index (χ1v) is 11.3. The molecule has 0 aliphatic carbocycles. The molecule has 2 aromatic carbocycles. The Morgan fingerprint density at radius 2 is 1.91 bits per heavy atom. The van der Waals surface area contributed by atoms with Gasteiger partial charge in [-0.2, -0.15) is 15.0 Å². The molecule has 1 amide bonds. The van der Waals surface area contributed by atoms with Gasteiger partial charge in [-0.25, -0.2) is 0 Å². The highest BCUT2D eigenvalue weighted by Crippen LogP contribution is 2.22. The summed E-state index contributed by atoms with van der Waals surface area (Å²) in [6, 6.07) is 14.4. The minimum atomic E-state index is -0.422. The third-order valence-electron chi connectivity index (χ3n) is 5.57. The fourth-order valence-corrected chi connectivity index (χ4v) is 3.90. The molecule has 0 spiro atoms. The predicted octanol–water partition coefficient (Wildman–Crippen LogP) is 3.75. The molecule has 1 saturated heterocycles. The van der Waals surface area contributed by atoms with Crippen molar-refractivity contribution in [3.63, 3.8) is 0 Å². The van der Waals surface area contributed by atoms with Gasteiger partial charge in [-0.15, -0.1) is 0 Å². The molecule has 9 nitrogen and oxygen atoms in total. The van der Waals surface area contributed by atoms with Gasteiger partial charge >= 0.3 is 5.97 Å². The SMILES string of the molecule is Cc1ccccc1Nc1nc(N)nc(COC(=O)[C@@H]2CCCN(C(=O)c3ccc(Cl)cc3)C2)n1. The standard InChI is InChI=1S/C24H25ClN6O3/c1-15-5-2-3-7-19(15)27-24-29-20(28-23(26)30-24)14-34-22(33)17-6-4-12-31(13-17)21(32)16-8-10-18(25)11-9-16/h2-3,5,7-11,17H,4,6,12-14H2,1H3,(H3,26,27,28,29,30)/t17-/m1/s1. The van der Waals surface area contributed by atoms with Crippen LogP contribution in [-0.4, -0.2) is 44.8 Å². The molecule has 10 heteroatoms. The van der Waals surface area contributed by atoms with Crippen LogP contribution >= 0.6 is 11.6 Å². The highest BCUT2D eigenvalue weighted by Gasteiger charge is 2.30. The number of carbonyl (C=O) groups excluding carboxylic acids is 2. The Hall–Kier alpha value is -3.72. The van der Waals surface area contributed by atoms with Gasteiger partial charge in [0.15, 0.2) is 12.4 Å². The molecule has 3 N–H and O–H groups in total. The first-order chi connectivity index (χ1) is 16.4. The van der Waals surface area contributed by atoms with Crippen LogP contribution in [0.15, 0.2) is 48.5 Å². The topological polar surface area (TPSA) is 123 Å². The smallest absolute Gasteiger partial charge is 0.311 e. The van der Waals surface area contributed by atoms with Gasteiger partial charge in [-0.1, -0.05) is 29.8 Å². The van der Waals surface area contributed by atoms with E-state index in [1.165, 1.54) is 0 Å². The summed E-state index contributed by atoms with van der Waals surface area (Å²) in [5.74, 6) is -0.428. The van der Waals surface area contributed by atoms with Crippen LogP contribution in [0.5, 0.6) is 0 Å². The summed E-state index contributed by atoms with van der Waals surface area (Å²) in [7, 11) is 0. The molecular formula is C24H25ClN6O3. The number of nitrogens with zero attached hydrogens (tertiary/aromatic N) is 4. The number of carbonyl (C=O) groups is 2. The van der Waals surface area contributed by atoms with Crippen molar-refractivity contribution in [3.05, 3.63) is 70.5 Å². The van der Waals surface area contributed by atoms with Crippen LogP contribution in [0, 0.1) is 12.8 Å². The average Bonchev–Trinajstić information content (AvgIpc) is 2.84. The molecule has 176 valence electrons. The van der Waals surface area contributed by atoms with E-state index in [9.17, 15) is 9.59 Å². The number of amides is 1. The first kappa shape index (κ1) is 23.4. The number of anilines is 3. The maximum atomic E-state index is 12.8. The van der Waals surface area contributed by atoms with Crippen molar-refractivity contribution >= 4 is 41.1 Å². The molecule has 0 saturated carbocycles. The zero-order chi connectivity index (χ0) is 24.1. The number of benzene rings is 2. The zero-order valence-electron chi connectivity index (χ0n) is 18.7. The van der Waals surface area contributed by atoms with Crippen LogP contribution < -0.4 is 11.1 Å². The number of ether oxygens (including phenoxy) is 1. The molecule has 0 radical (unpaired) electrons. The first-order valence-electron chi connectivity index (χ1n) is 10.9. The highest BCUT2D eigenvalue weighted by atomic mass is 35.5. The minimum Gasteiger partial charge on any atom is -0.457 e. The highest BCUT2D eigenvalue weighted by molar-refractivity contribution is 6.30. The maximum absolute atomic E-state index is 12.8. The lowest BCUT2D eigenvalue weighted by molar-refractivity contribution is -0.151. The Labute approximate surface area is 202 Å². The molecule has 0 unspecified atom stereocenters. The van der Waals surface area contributed by atoms with Crippen LogP contribution in [0.25, 0.3) is 0 Å². The number of nitrogens with two attached hydrogens (primary N) is 1. The van der Waals surface area contributed by atoms with E-state index in [4.69, 9.17) is 22.1 Å². The summed E-state index contributed by atoms with van der Waals surface area (Å²) in [5, 5.41) is 3.67. The summed E-state index contributed by atoms with van der Waals surface area (Å²) in [5.41, 5.74) is 8.21. The molecule has 1 atom stereocenters. The Morgan fingerprint density at radius 3 is 2.68 bits per heavy atom. The van der Waals surface area contributed by atoms with Gasteiger partial charge in [-0.05, 0) is 55.7 Å². The van der Waals surface area contributed by atoms with E-state index in [1.807, 2.05) is 31.2 Å². The van der Waals surface area contributed by atoms with Crippen LogP contribution in [-0.2, 0) is 16.1 Å². The van der Waals surface area contributed by atoms with Gasteiger partial charge in [0.1, 0.15) is 0 Å². The van der Waals surface area contributed by atoms with Crippen molar-refractivity contribution in [3.8, 4) is 0 Å². The molecule has 1 fully saturated rings. The molecule has 4 rings (SSSR count). The lowest BCUT2D eigenvalue weighted by Gasteiger charge is -2.31. The molecule has 34 heavy (non-hydrogen) atoms. The normalized spacial score (nSPS) is 15.6. The van der Waals surface area contributed by atoms with Crippen LogP contribution in [0.1, 0.15) is 34.6 Å². The van der Waals surface area contributed by atoms with Crippen LogP contribution in [0.3, 0.4) is 0 Å². The number of nitrogen functional groups attached to an aromatic ring is 1. The predicted molar refractivity (Wildman–Crippen MR) is 129 cm³/mol. The van der Waals surface area contributed by atoms with E-state index in [0.29, 0.717) is 36.5 Å². The van der Waals surface area contributed by atoms with Crippen molar-refractivity contribution in [1.29, 1.82) is 0 Å². The number of rotatable bonds is 6. The summed E-state index contributed by atoms with van der Waals surface area (Å²) in [6.45, 7) is 2.69. The maximum Gasteiger partial charge on any atom is 0.311 e. The van der Waals surface area contributed by atoms with Gasteiger partial charge in [0.05, 0.1) is 5.92 Å². The molecule has 3 aromatic rings. The second kappa shape index (κ2) is 10.5. The van der Waals surface area contributed by atoms with E-state index in [2.05, 4.69) is 20.3 Å². The van der Waals surface area contributed by atoms with Gasteiger partial charge in [0.2, 0.25) is 11.9 Å². The van der Waals surface area contributed by atoms with Crippen molar-refractivity contribution in [2.75, 3.05) is 24.1 Å². The molecule has 1 aromatic heterocycles. The van der Waals surface area contributed by atoms with E-state index >= 15 is 0 Å². The summed E-state index contributed by atoms with van der Waals surface area (Å²) in [4.78, 5) is 39.7. The van der Waals surface area contributed by atoms with E-state index in [-0.39, 0.29) is 30.2 Å². The molecule has 1 aliphatic rings. The Bertz CT molecular complexity index is 1190. The molecule has 2 heterocycles. The van der Waals surface area contributed by atoms with E-state index in [1.54, 1.807) is 29.2 Å². The second-order valence-corrected chi connectivity index (χ2v) is 8.51. The fourth-order valence-electron chi connectivity index (χ4n) is 3.77. The summed E-state index contributed by atoms with van der Waals surface area (Å²) >= 11 is 5.91. The summed E-state index contributed by atoms with van der Waals surface area (Å²) in [6.07, 6.45) is 1.35. The molecule has 1 aliphatic heterocycles. The van der Waals surface area contributed by atoms with E-state index in [0.717, 1.165) is 11.3 Å².